The first kappa shape index (κ1) is 58.4. The number of nitrogens with two attached hydrogens (primary N) is 2. The quantitative estimate of drug-likeness (QED) is 0.0200. The molecule has 0 fully saturated rings. The third-order valence-corrected chi connectivity index (χ3v) is 9.41. The summed E-state index contributed by atoms with van der Waals surface area (Å²) < 4.78 is 46.0. The number of rotatable bonds is 28. The Hall–Kier alpha value is -6.63. The molecule has 0 bridgehead atoms. The number of guanidine groups is 2. The standard InChI is InChI=1S/C21H31F3N6O5.C21H34N6O5/c1-13(2)11-18(14(3)31)28-19(32)17(5-4-10-26-20(25)29-30(33)34)27-12-15-6-8-16(9-7-15)35-21(22,23)24;1-14(2)12-19(15(3)28)25-20(29)18(6-5-11-23-21(22)26-27(30)31)24-13-16-7-9-17(32-4)10-8-16/h6-9,13,17-18,27H,4-5,10-12H2,1-3H3,(H,28,32)(H3,25,26,29);7-10,14,18-19,24H,5-6,11-13H2,1-4H3,(H,25,29)(H3,22,23,26)/t17-,18-;18-,19-/m00/s1. The molecule has 25 heteroatoms. The van der Waals surface area contributed by atoms with Crippen LogP contribution in [0.4, 0.5) is 13.2 Å². The molecule has 4 atom stereocenters. The molecule has 0 heterocycles. The molecule has 0 unspecified atom stereocenters. The molecule has 374 valence electrons. The molecule has 2 aromatic carbocycles. The lowest BCUT2D eigenvalue weighted by molar-refractivity contribution is -0.485. The predicted molar refractivity (Wildman–Crippen MR) is 243 cm³/mol. The van der Waals surface area contributed by atoms with Crippen molar-refractivity contribution < 1.29 is 51.9 Å². The van der Waals surface area contributed by atoms with E-state index in [1.807, 2.05) is 52.0 Å². The molecule has 0 aromatic heterocycles. The van der Waals surface area contributed by atoms with Crippen LogP contribution < -0.4 is 52.8 Å². The first-order chi connectivity index (χ1) is 31.4. The van der Waals surface area contributed by atoms with Crippen molar-refractivity contribution in [3.63, 3.8) is 0 Å². The molecule has 0 aliphatic rings. The van der Waals surface area contributed by atoms with Crippen LogP contribution in [0.15, 0.2) is 58.7 Å². The molecule has 0 saturated heterocycles. The third kappa shape index (κ3) is 27.5. The largest absolute Gasteiger partial charge is 0.573 e. The molecular weight excluding hydrogens is 890 g/mol. The number of amides is 2. The summed E-state index contributed by atoms with van der Waals surface area (Å²) in [7, 11) is 1.59. The van der Waals surface area contributed by atoms with Gasteiger partial charge in [-0.1, -0.05) is 52.0 Å². The van der Waals surface area contributed by atoms with Crippen LogP contribution in [0.3, 0.4) is 0 Å². The van der Waals surface area contributed by atoms with Gasteiger partial charge in [-0.05, 0) is 99.6 Å². The molecule has 0 aliphatic heterocycles. The molecule has 2 rings (SSSR count). The fourth-order valence-electron chi connectivity index (χ4n) is 6.12. The number of halogens is 3. The van der Waals surface area contributed by atoms with E-state index in [1.54, 1.807) is 7.11 Å². The van der Waals surface area contributed by atoms with Gasteiger partial charge in [0.15, 0.2) is 21.6 Å². The van der Waals surface area contributed by atoms with Gasteiger partial charge in [0.25, 0.3) is 11.9 Å². The van der Waals surface area contributed by atoms with Crippen LogP contribution in [0.2, 0.25) is 0 Å². The zero-order valence-electron chi connectivity index (χ0n) is 38.8. The SMILES string of the molecule is CC(=O)[C@H](CC(C)C)NC(=O)[C@H](CCCN/C(N)=N/[N+](=O)[O-])NCc1ccc(OC(F)(F)F)cc1.COc1ccc(CN[C@@H](CCCN/C(N)=N/[N+](=O)[O-])C(=O)N[C@@H](CC(C)C)C(C)=O)cc1. The maximum absolute atomic E-state index is 12.9. The van der Waals surface area contributed by atoms with E-state index in [1.165, 1.54) is 26.0 Å². The lowest BCUT2D eigenvalue weighted by Gasteiger charge is -2.23. The Morgan fingerprint density at radius 2 is 1.01 bits per heavy atom. The molecule has 10 N–H and O–H groups in total. The predicted octanol–water partition coefficient (Wildman–Crippen LogP) is 3.19. The molecule has 0 radical (unpaired) electrons. The van der Waals surface area contributed by atoms with Crippen LogP contribution in [-0.2, 0) is 32.3 Å². The number of carbonyl (C=O) groups is 4. The summed E-state index contributed by atoms with van der Waals surface area (Å²) in [6, 6.07) is 10.1. The molecule has 0 saturated carbocycles. The number of nitrogens with one attached hydrogen (secondary N) is 6. The van der Waals surface area contributed by atoms with Crippen molar-refractivity contribution in [1.82, 2.24) is 31.9 Å². The van der Waals surface area contributed by atoms with Crippen LogP contribution in [0, 0.1) is 32.1 Å². The number of nitrogens with zero attached hydrogens (tertiary/aromatic N) is 4. The van der Waals surface area contributed by atoms with Gasteiger partial charge in [-0.15, -0.1) is 13.2 Å². The van der Waals surface area contributed by atoms with E-state index in [0.717, 1.165) is 23.4 Å². The van der Waals surface area contributed by atoms with Crippen LogP contribution >= 0.6 is 0 Å². The second-order valence-corrected chi connectivity index (χ2v) is 16.1. The molecular formula is C42H65F3N12O10. The summed E-state index contributed by atoms with van der Waals surface area (Å²) >= 11 is 0. The summed E-state index contributed by atoms with van der Waals surface area (Å²) in [5.41, 5.74) is 12.3. The van der Waals surface area contributed by atoms with E-state index >= 15 is 0 Å². The number of Topliss-reactive ketones (excluding diaryl/α,β-unsaturated/α-hetero) is 2. The number of ketones is 2. The summed E-state index contributed by atoms with van der Waals surface area (Å²) in [5, 5.41) is 41.8. The lowest BCUT2D eigenvalue weighted by atomic mass is 10.00. The van der Waals surface area contributed by atoms with Gasteiger partial charge >= 0.3 is 6.36 Å². The summed E-state index contributed by atoms with van der Waals surface area (Å²) in [6.07, 6.45) is -2.22. The third-order valence-electron chi connectivity index (χ3n) is 9.41. The van der Waals surface area contributed by atoms with Gasteiger partial charge in [-0.2, -0.15) is 0 Å². The molecule has 2 amide bonds. The summed E-state index contributed by atoms with van der Waals surface area (Å²) in [4.78, 5) is 70.4. The van der Waals surface area contributed by atoms with Crippen molar-refractivity contribution in [2.24, 2.45) is 33.5 Å². The Morgan fingerprint density at radius 1 is 0.657 bits per heavy atom. The fraction of sp³-hybridized carbons (Fsp3) is 0.571. The van der Waals surface area contributed by atoms with E-state index in [4.69, 9.17) is 16.2 Å². The Kier molecular flexibility index (Phi) is 26.6. The average molecular weight is 955 g/mol. The number of methoxy groups -OCH3 is 1. The highest BCUT2D eigenvalue weighted by molar-refractivity contribution is 5.90. The fourth-order valence-corrected chi connectivity index (χ4v) is 6.12. The maximum Gasteiger partial charge on any atom is 0.573 e. The van der Waals surface area contributed by atoms with E-state index < -0.39 is 46.5 Å². The average Bonchev–Trinajstić information content (AvgIpc) is 3.22. The maximum atomic E-state index is 12.9. The minimum Gasteiger partial charge on any atom is -0.497 e. The van der Waals surface area contributed by atoms with Gasteiger partial charge in [0, 0.05) is 26.2 Å². The van der Waals surface area contributed by atoms with Crippen molar-refractivity contribution in [2.75, 3.05) is 20.2 Å². The second-order valence-electron chi connectivity index (χ2n) is 16.1. The van der Waals surface area contributed by atoms with E-state index in [0.29, 0.717) is 50.8 Å². The van der Waals surface area contributed by atoms with Crippen LogP contribution in [0.5, 0.6) is 11.5 Å². The molecule has 0 spiro atoms. The molecule has 67 heavy (non-hydrogen) atoms. The van der Waals surface area contributed by atoms with E-state index in [9.17, 15) is 52.6 Å². The minimum atomic E-state index is -4.80. The van der Waals surface area contributed by atoms with Crippen LogP contribution in [0.25, 0.3) is 0 Å². The first-order valence-electron chi connectivity index (χ1n) is 21.4. The minimum absolute atomic E-state index is 0.0913. The van der Waals surface area contributed by atoms with Gasteiger partial charge < -0.3 is 52.8 Å². The zero-order valence-corrected chi connectivity index (χ0v) is 38.8. The number of nitro groups is 2. The second kappa shape index (κ2) is 30.6. The number of ether oxygens (including phenoxy) is 2. The molecule has 2 aromatic rings. The Labute approximate surface area is 387 Å². The number of alkyl halides is 3. The van der Waals surface area contributed by atoms with Gasteiger partial charge in [0.1, 0.15) is 21.7 Å². The molecule has 0 aliphatic carbocycles. The topological polar surface area (TPSA) is 322 Å². The highest BCUT2D eigenvalue weighted by Gasteiger charge is 2.31. The number of benzene rings is 2. The van der Waals surface area contributed by atoms with E-state index in [-0.39, 0.29) is 66.5 Å². The van der Waals surface area contributed by atoms with Gasteiger partial charge in [0.2, 0.25) is 11.8 Å². The van der Waals surface area contributed by atoms with Gasteiger partial charge in [-0.3, -0.25) is 19.2 Å². The Morgan fingerprint density at radius 3 is 1.31 bits per heavy atom. The number of hydrogen-bond donors (Lipinski definition) is 8. The van der Waals surface area contributed by atoms with Crippen molar-refractivity contribution in [3.8, 4) is 11.5 Å². The number of hydrogen-bond acceptors (Lipinski definition) is 12. The first-order valence-corrected chi connectivity index (χ1v) is 21.4. The summed E-state index contributed by atoms with van der Waals surface area (Å²) in [6.45, 7) is 11.8. The monoisotopic (exact) mass is 954 g/mol. The highest BCUT2D eigenvalue weighted by Crippen LogP contribution is 2.23. The normalized spacial score (nSPS) is 13.6. The van der Waals surface area contributed by atoms with Crippen LogP contribution in [-0.4, -0.2) is 96.1 Å². The van der Waals surface area contributed by atoms with Gasteiger partial charge in [-0.25, -0.2) is 20.2 Å². The smallest absolute Gasteiger partial charge is 0.497 e. The van der Waals surface area contributed by atoms with Crippen molar-refractivity contribution in [1.29, 1.82) is 0 Å². The zero-order chi connectivity index (χ0) is 50.7. The highest BCUT2D eigenvalue weighted by atomic mass is 19.4. The van der Waals surface area contributed by atoms with E-state index in [2.05, 4.69) is 46.8 Å². The van der Waals surface area contributed by atoms with Gasteiger partial charge in [0.05, 0.1) is 31.3 Å². The Bertz CT molecular complexity index is 1940. The lowest BCUT2D eigenvalue weighted by Crippen LogP contribution is -2.50. The molecule has 22 nitrogen and oxygen atoms in total. The van der Waals surface area contributed by atoms with Crippen molar-refractivity contribution in [3.05, 3.63) is 79.9 Å². The van der Waals surface area contributed by atoms with Crippen molar-refractivity contribution >= 4 is 35.3 Å². The summed E-state index contributed by atoms with van der Waals surface area (Å²) in [5.74, 6) is -0.850. The number of hydrazone groups is 2. The Balaban J connectivity index is 0.000000673. The van der Waals surface area contributed by atoms with Crippen molar-refractivity contribution in [2.45, 2.75) is 124 Å². The number of carbonyl (C=O) groups excluding carboxylic acids is 4. The van der Waals surface area contributed by atoms with Crippen LogP contribution in [0.1, 0.15) is 91.2 Å².